The number of hydrogen-bond donors (Lipinski definition) is 0. The number of methoxy groups -OCH3 is 1. The van der Waals surface area contributed by atoms with Gasteiger partial charge in [0.05, 0.1) is 16.5 Å². The van der Waals surface area contributed by atoms with E-state index in [0.29, 0.717) is 15.8 Å². The summed E-state index contributed by atoms with van der Waals surface area (Å²) in [5, 5.41) is 0. The van der Waals surface area contributed by atoms with E-state index >= 15 is 0 Å². The number of rotatable bonds is 5. The van der Waals surface area contributed by atoms with Gasteiger partial charge in [0.1, 0.15) is 10.1 Å². The van der Waals surface area contributed by atoms with E-state index in [1.54, 1.807) is 12.0 Å². The van der Waals surface area contributed by atoms with Crippen LogP contribution in [0.4, 0.5) is 0 Å². The van der Waals surface area contributed by atoms with Crippen molar-refractivity contribution < 1.29 is 9.53 Å². The maximum Gasteiger partial charge on any atom is 0.266 e. The first-order valence-electron chi connectivity index (χ1n) is 7.71. The van der Waals surface area contributed by atoms with Gasteiger partial charge in [0.2, 0.25) is 0 Å². The highest BCUT2D eigenvalue weighted by Crippen LogP contribution is 2.34. The van der Waals surface area contributed by atoms with Crippen LogP contribution in [0.5, 0.6) is 5.75 Å². The SMILES string of the molecule is COc1ccc(C=C2SC(=S)N(CCc3ccccc3)C2=O)cc1Br. The molecule has 3 rings (SSSR count). The van der Waals surface area contributed by atoms with E-state index in [1.165, 1.54) is 17.3 Å². The van der Waals surface area contributed by atoms with Crippen molar-refractivity contribution >= 4 is 56.2 Å². The van der Waals surface area contributed by atoms with E-state index in [-0.39, 0.29) is 5.91 Å². The van der Waals surface area contributed by atoms with Crippen molar-refractivity contribution in [3.63, 3.8) is 0 Å². The van der Waals surface area contributed by atoms with Crippen molar-refractivity contribution in [1.82, 2.24) is 4.90 Å². The number of thioether (sulfide) groups is 1. The first-order valence-corrected chi connectivity index (χ1v) is 9.73. The molecule has 1 aliphatic heterocycles. The smallest absolute Gasteiger partial charge is 0.266 e. The molecule has 0 aliphatic carbocycles. The predicted octanol–water partition coefficient (Wildman–Crippen LogP) is 4.90. The van der Waals surface area contributed by atoms with Crippen molar-refractivity contribution in [3.05, 3.63) is 69.0 Å². The molecule has 6 heteroatoms. The number of halogens is 1. The van der Waals surface area contributed by atoms with E-state index in [2.05, 4.69) is 28.1 Å². The average molecular weight is 434 g/mol. The fraction of sp³-hybridized carbons (Fsp3) is 0.158. The third-order valence-electron chi connectivity index (χ3n) is 3.81. The van der Waals surface area contributed by atoms with Gasteiger partial charge < -0.3 is 4.74 Å². The number of amides is 1. The summed E-state index contributed by atoms with van der Waals surface area (Å²) in [6, 6.07) is 15.8. The minimum atomic E-state index is -0.0297. The van der Waals surface area contributed by atoms with Gasteiger partial charge in [-0.1, -0.05) is 60.4 Å². The summed E-state index contributed by atoms with van der Waals surface area (Å²) in [5.74, 6) is 0.727. The molecule has 0 radical (unpaired) electrons. The second-order valence-electron chi connectivity index (χ2n) is 5.46. The molecule has 0 unspecified atom stereocenters. The zero-order valence-corrected chi connectivity index (χ0v) is 16.8. The highest BCUT2D eigenvalue weighted by molar-refractivity contribution is 9.10. The van der Waals surface area contributed by atoms with Crippen molar-refractivity contribution in [2.45, 2.75) is 6.42 Å². The summed E-state index contributed by atoms with van der Waals surface area (Å²) >= 11 is 10.2. The maximum atomic E-state index is 12.7. The molecule has 128 valence electrons. The monoisotopic (exact) mass is 433 g/mol. The molecule has 1 fully saturated rings. The minimum absolute atomic E-state index is 0.0297. The van der Waals surface area contributed by atoms with Gasteiger partial charge in [0.15, 0.2) is 0 Å². The van der Waals surface area contributed by atoms with Gasteiger partial charge in [-0.15, -0.1) is 0 Å². The van der Waals surface area contributed by atoms with Crippen molar-refractivity contribution in [2.24, 2.45) is 0 Å². The Bertz CT molecular complexity index is 837. The summed E-state index contributed by atoms with van der Waals surface area (Å²) in [6.45, 7) is 0.596. The molecule has 0 spiro atoms. The van der Waals surface area contributed by atoms with E-state index in [0.717, 1.165) is 22.2 Å². The van der Waals surface area contributed by atoms with E-state index in [1.807, 2.05) is 42.5 Å². The Morgan fingerprint density at radius 1 is 1.24 bits per heavy atom. The van der Waals surface area contributed by atoms with Crippen LogP contribution < -0.4 is 4.74 Å². The third-order valence-corrected chi connectivity index (χ3v) is 5.81. The van der Waals surface area contributed by atoms with E-state index in [4.69, 9.17) is 17.0 Å². The normalized spacial score (nSPS) is 15.9. The lowest BCUT2D eigenvalue weighted by molar-refractivity contribution is -0.122. The van der Waals surface area contributed by atoms with Crippen LogP contribution in [0.3, 0.4) is 0 Å². The molecule has 0 bridgehead atoms. The fourth-order valence-electron chi connectivity index (χ4n) is 2.50. The Kier molecular flexibility index (Phi) is 5.93. The van der Waals surface area contributed by atoms with Crippen molar-refractivity contribution in [3.8, 4) is 5.75 Å². The molecule has 1 heterocycles. The number of hydrogen-bond acceptors (Lipinski definition) is 4. The summed E-state index contributed by atoms with van der Waals surface area (Å²) in [7, 11) is 1.62. The number of ether oxygens (including phenoxy) is 1. The molecule has 25 heavy (non-hydrogen) atoms. The van der Waals surface area contributed by atoms with Crippen LogP contribution in [0.15, 0.2) is 57.9 Å². The molecule has 3 nitrogen and oxygen atoms in total. The average Bonchev–Trinajstić information content (AvgIpc) is 2.87. The molecule has 1 aliphatic rings. The molecule has 0 aromatic heterocycles. The molecule has 1 amide bonds. The van der Waals surface area contributed by atoms with Crippen LogP contribution >= 0.6 is 39.9 Å². The second kappa shape index (κ2) is 8.17. The standard InChI is InChI=1S/C19H16BrNO2S2/c1-23-16-8-7-14(11-15(16)20)12-17-18(22)21(19(24)25-17)10-9-13-5-3-2-4-6-13/h2-8,11-12H,9-10H2,1H3. The highest BCUT2D eigenvalue weighted by atomic mass is 79.9. The van der Waals surface area contributed by atoms with Gasteiger partial charge in [0, 0.05) is 6.54 Å². The summed E-state index contributed by atoms with van der Waals surface area (Å²) in [6.07, 6.45) is 2.65. The predicted molar refractivity (Wildman–Crippen MR) is 111 cm³/mol. The number of carbonyl (C=O) groups is 1. The molecule has 0 saturated carbocycles. The van der Waals surface area contributed by atoms with Crippen LogP contribution in [0.2, 0.25) is 0 Å². The molecule has 2 aromatic carbocycles. The largest absolute Gasteiger partial charge is 0.496 e. The van der Waals surface area contributed by atoms with Crippen LogP contribution in [-0.2, 0) is 11.2 Å². The van der Waals surface area contributed by atoms with Crippen LogP contribution in [-0.4, -0.2) is 28.8 Å². The molecule has 2 aromatic rings. The quantitative estimate of drug-likeness (QED) is 0.495. The zero-order valence-electron chi connectivity index (χ0n) is 13.6. The summed E-state index contributed by atoms with van der Waals surface area (Å²) in [5.41, 5.74) is 2.12. The summed E-state index contributed by atoms with van der Waals surface area (Å²) < 4.78 is 6.69. The van der Waals surface area contributed by atoms with Gasteiger partial charge in [-0.2, -0.15) is 0 Å². The zero-order chi connectivity index (χ0) is 17.8. The van der Waals surface area contributed by atoms with Gasteiger partial charge in [0.25, 0.3) is 5.91 Å². The fourth-order valence-corrected chi connectivity index (χ4v) is 4.37. The van der Waals surface area contributed by atoms with E-state index < -0.39 is 0 Å². The van der Waals surface area contributed by atoms with Crippen molar-refractivity contribution in [2.75, 3.05) is 13.7 Å². The molecular formula is C19H16BrNO2S2. The lowest BCUT2D eigenvalue weighted by Gasteiger charge is -2.14. The van der Waals surface area contributed by atoms with Crippen molar-refractivity contribution in [1.29, 1.82) is 0 Å². The van der Waals surface area contributed by atoms with Gasteiger partial charge in [-0.3, -0.25) is 9.69 Å². The van der Waals surface area contributed by atoms with Crippen LogP contribution in [0, 0.1) is 0 Å². The van der Waals surface area contributed by atoms with Gasteiger partial charge in [-0.05, 0) is 51.7 Å². The lowest BCUT2D eigenvalue weighted by atomic mass is 10.1. The Morgan fingerprint density at radius 2 is 2.00 bits per heavy atom. The number of benzene rings is 2. The Morgan fingerprint density at radius 3 is 2.68 bits per heavy atom. The van der Waals surface area contributed by atoms with Crippen LogP contribution in [0.25, 0.3) is 6.08 Å². The topological polar surface area (TPSA) is 29.5 Å². The number of nitrogens with zero attached hydrogens (tertiary/aromatic N) is 1. The maximum absolute atomic E-state index is 12.7. The van der Waals surface area contributed by atoms with Gasteiger partial charge >= 0.3 is 0 Å². The second-order valence-corrected chi connectivity index (χ2v) is 7.99. The molecular weight excluding hydrogens is 418 g/mol. The van der Waals surface area contributed by atoms with E-state index in [9.17, 15) is 4.79 Å². The Hall–Kier alpha value is -1.63. The molecule has 1 saturated heterocycles. The highest BCUT2D eigenvalue weighted by Gasteiger charge is 2.31. The minimum Gasteiger partial charge on any atom is -0.496 e. The summed E-state index contributed by atoms with van der Waals surface area (Å²) in [4.78, 5) is 15.0. The molecule has 0 N–H and O–H groups in total. The molecule has 0 atom stereocenters. The number of thiocarbonyl (C=S) groups is 1. The van der Waals surface area contributed by atoms with Crippen LogP contribution in [0.1, 0.15) is 11.1 Å². The van der Waals surface area contributed by atoms with Gasteiger partial charge in [-0.25, -0.2) is 0 Å². The Balaban J connectivity index is 1.73. The lowest BCUT2D eigenvalue weighted by Crippen LogP contribution is -2.30. The first-order chi connectivity index (χ1) is 12.1. The third kappa shape index (κ3) is 4.32. The first kappa shape index (κ1) is 18.2. The number of carbonyl (C=O) groups excluding carboxylic acids is 1. The Labute approximate surface area is 165 Å².